The van der Waals surface area contributed by atoms with Crippen LogP contribution in [0.1, 0.15) is 31.3 Å². The molecule has 35 heavy (non-hydrogen) atoms. The molecule has 7 nitrogen and oxygen atoms in total. The van der Waals surface area contributed by atoms with Crippen LogP contribution in [0.2, 0.25) is 0 Å². The van der Waals surface area contributed by atoms with Crippen LogP contribution in [-0.4, -0.2) is 33.0 Å². The number of halogens is 3. The number of rotatable bonds is 10. The summed E-state index contributed by atoms with van der Waals surface area (Å²) in [4.78, 5) is 12.6. The summed E-state index contributed by atoms with van der Waals surface area (Å²) >= 11 is 1.17. The van der Waals surface area contributed by atoms with E-state index in [1.165, 1.54) is 23.9 Å². The Morgan fingerprint density at radius 2 is 1.86 bits per heavy atom. The smallest absolute Gasteiger partial charge is 0.416 e. The number of amides is 1. The first-order valence-electron chi connectivity index (χ1n) is 10.6. The first-order valence-corrected chi connectivity index (χ1v) is 11.5. The average molecular weight is 507 g/mol. The quantitative estimate of drug-likeness (QED) is 0.279. The summed E-state index contributed by atoms with van der Waals surface area (Å²) in [5.74, 6) is 1.42. The van der Waals surface area contributed by atoms with Crippen molar-refractivity contribution in [3.63, 3.8) is 0 Å². The van der Waals surface area contributed by atoms with Crippen molar-refractivity contribution in [2.45, 2.75) is 43.1 Å². The molecule has 3 aromatic rings. The van der Waals surface area contributed by atoms with Gasteiger partial charge >= 0.3 is 6.18 Å². The van der Waals surface area contributed by atoms with Crippen LogP contribution in [0.5, 0.6) is 11.5 Å². The summed E-state index contributed by atoms with van der Waals surface area (Å²) in [6, 6.07) is 11.5. The van der Waals surface area contributed by atoms with Crippen molar-refractivity contribution in [1.29, 1.82) is 0 Å². The number of aromatic nitrogens is 3. The molecular formula is C24H25F3N4O3S. The molecule has 2 aromatic carbocycles. The van der Waals surface area contributed by atoms with Gasteiger partial charge in [-0.2, -0.15) is 13.2 Å². The highest BCUT2D eigenvalue weighted by Gasteiger charge is 2.30. The monoisotopic (exact) mass is 506 g/mol. The largest absolute Gasteiger partial charge is 0.497 e. The van der Waals surface area contributed by atoms with Crippen molar-refractivity contribution in [3.05, 3.63) is 72.6 Å². The van der Waals surface area contributed by atoms with Gasteiger partial charge in [0.2, 0.25) is 5.91 Å². The first-order chi connectivity index (χ1) is 16.6. The number of hydrogen-bond acceptors (Lipinski definition) is 6. The van der Waals surface area contributed by atoms with E-state index in [2.05, 4.69) is 22.1 Å². The molecular weight excluding hydrogens is 481 g/mol. The minimum Gasteiger partial charge on any atom is -0.497 e. The Morgan fingerprint density at radius 3 is 2.49 bits per heavy atom. The van der Waals surface area contributed by atoms with E-state index in [9.17, 15) is 18.0 Å². The molecule has 2 atom stereocenters. The van der Waals surface area contributed by atoms with Crippen LogP contribution in [0.25, 0.3) is 0 Å². The molecule has 1 amide bonds. The second-order valence-electron chi connectivity index (χ2n) is 7.50. The SMILES string of the molecule is C=CCn1c(SC(C)C(=O)Nc2ccc(C(F)(F)F)cc2)nnc1C(C)Oc1cccc(OC)c1. The van der Waals surface area contributed by atoms with E-state index in [1.807, 2.05) is 19.1 Å². The number of anilines is 1. The van der Waals surface area contributed by atoms with Gasteiger partial charge < -0.3 is 14.8 Å². The number of methoxy groups -OCH3 is 1. The number of nitrogens with zero attached hydrogens (tertiary/aromatic N) is 3. The minimum atomic E-state index is -4.44. The van der Waals surface area contributed by atoms with Gasteiger partial charge in [-0.1, -0.05) is 23.9 Å². The van der Waals surface area contributed by atoms with Crippen LogP contribution in [0.15, 0.2) is 66.3 Å². The van der Waals surface area contributed by atoms with Gasteiger partial charge in [-0.15, -0.1) is 16.8 Å². The predicted octanol–water partition coefficient (Wildman–Crippen LogP) is 5.75. The van der Waals surface area contributed by atoms with Gasteiger partial charge in [0.1, 0.15) is 11.5 Å². The fourth-order valence-electron chi connectivity index (χ4n) is 3.12. The van der Waals surface area contributed by atoms with Crippen molar-refractivity contribution in [1.82, 2.24) is 14.8 Å². The number of alkyl halides is 3. The van der Waals surface area contributed by atoms with E-state index < -0.39 is 23.1 Å². The molecule has 0 spiro atoms. The number of carbonyl (C=O) groups excluding carboxylic acids is 1. The van der Waals surface area contributed by atoms with Crippen LogP contribution in [-0.2, 0) is 17.5 Å². The normalized spacial score (nSPS) is 13.1. The summed E-state index contributed by atoms with van der Waals surface area (Å²) in [6.45, 7) is 7.67. The molecule has 11 heteroatoms. The Labute approximate surface area is 205 Å². The molecule has 0 aliphatic heterocycles. The summed E-state index contributed by atoms with van der Waals surface area (Å²) in [5, 5.41) is 11.0. The van der Waals surface area contributed by atoms with Gasteiger partial charge in [0, 0.05) is 18.3 Å². The molecule has 2 unspecified atom stereocenters. The lowest BCUT2D eigenvalue weighted by Gasteiger charge is -2.17. The molecule has 1 N–H and O–H groups in total. The fraction of sp³-hybridized carbons (Fsp3) is 0.292. The van der Waals surface area contributed by atoms with Gasteiger partial charge in [-0.05, 0) is 50.2 Å². The first kappa shape index (κ1) is 26.1. The standard InChI is InChI=1S/C24H25F3N4O3S/c1-5-13-31-21(15(2)34-20-8-6-7-19(14-20)33-4)29-30-23(31)35-16(3)22(32)28-18-11-9-17(10-12-18)24(25,26)27/h5-12,14-16H,1,13H2,2-4H3,(H,28,32). The maximum Gasteiger partial charge on any atom is 0.416 e. The lowest BCUT2D eigenvalue weighted by molar-refractivity contribution is -0.137. The Bertz CT molecular complexity index is 1170. The average Bonchev–Trinajstić information content (AvgIpc) is 3.21. The zero-order chi connectivity index (χ0) is 25.6. The van der Waals surface area contributed by atoms with Crippen molar-refractivity contribution >= 4 is 23.4 Å². The summed E-state index contributed by atoms with van der Waals surface area (Å²) in [6.07, 6.45) is -3.21. The number of benzene rings is 2. The van der Waals surface area contributed by atoms with Gasteiger partial charge in [0.05, 0.1) is 17.9 Å². The zero-order valence-electron chi connectivity index (χ0n) is 19.4. The number of ether oxygens (including phenoxy) is 2. The highest BCUT2D eigenvalue weighted by molar-refractivity contribution is 8.00. The van der Waals surface area contributed by atoms with Gasteiger partial charge in [-0.3, -0.25) is 9.36 Å². The third kappa shape index (κ3) is 6.78. The zero-order valence-corrected chi connectivity index (χ0v) is 20.2. The van der Waals surface area contributed by atoms with E-state index in [1.54, 1.807) is 36.8 Å². The molecule has 1 aromatic heterocycles. The fourth-order valence-corrected chi connectivity index (χ4v) is 3.98. The van der Waals surface area contributed by atoms with Gasteiger partial charge in [-0.25, -0.2) is 0 Å². The number of hydrogen-bond donors (Lipinski definition) is 1. The van der Waals surface area contributed by atoms with Crippen molar-refractivity contribution < 1.29 is 27.4 Å². The molecule has 0 saturated carbocycles. The maximum atomic E-state index is 12.7. The molecule has 0 saturated heterocycles. The molecule has 3 rings (SSSR count). The Hall–Kier alpha value is -3.47. The van der Waals surface area contributed by atoms with E-state index in [0.717, 1.165) is 12.1 Å². The second kappa shape index (κ2) is 11.3. The Balaban J connectivity index is 1.70. The van der Waals surface area contributed by atoms with Crippen LogP contribution in [0.4, 0.5) is 18.9 Å². The van der Waals surface area contributed by atoms with Gasteiger partial charge in [0.25, 0.3) is 0 Å². The molecule has 1 heterocycles. The van der Waals surface area contributed by atoms with Gasteiger partial charge in [0.15, 0.2) is 17.1 Å². The molecule has 0 radical (unpaired) electrons. The summed E-state index contributed by atoms with van der Waals surface area (Å²) in [5.41, 5.74) is -0.516. The predicted molar refractivity (Wildman–Crippen MR) is 128 cm³/mol. The van der Waals surface area contributed by atoms with Crippen molar-refractivity contribution in [3.8, 4) is 11.5 Å². The topological polar surface area (TPSA) is 78.3 Å². The number of nitrogens with one attached hydrogen (secondary N) is 1. The highest BCUT2D eigenvalue weighted by atomic mass is 32.2. The lowest BCUT2D eigenvalue weighted by Crippen LogP contribution is -2.23. The third-order valence-electron chi connectivity index (χ3n) is 4.91. The second-order valence-corrected chi connectivity index (χ2v) is 8.81. The molecule has 0 aliphatic carbocycles. The molecule has 0 aliphatic rings. The molecule has 0 bridgehead atoms. The van der Waals surface area contributed by atoms with Crippen LogP contribution < -0.4 is 14.8 Å². The lowest BCUT2D eigenvalue weighted by atomic mass is 10.2. The maximum absolute atomic E-state index is 12.7. The van der Waals surface area contributed by atoms with Crippen LogP contribution >= 0.6 is 11.8 Å². The van der Waals surface area contributed by atoms with Crippen molar-refractivity contribution in [2.24, 2.45) is 0 Å². The van der Waals surface area contributed by atoms with Crippen LogP contribution in [0, 0.1) is 0 Å². The Morgan fingerprint density at radius 1 is 1.17 bits per heavy atom. The minimum absolute atomic E-state index is 0.268. The van der Waals surface area contributed by atoms with E-state index in [-0.39, 0.29) is 11.6 Å². The van der Waals surface area contributed by atoms with E-state index in [0.29, 0.717) is 29.0 Å². The number of allylic oxidation sites excluding steroid dienone is 1. The highest BCUT2D eigenvalue weighted by Crippen LogP contribution is 2.31. The Kier molecular flexibility index (Phi) is 8.44. The number of carbonyl (C=O) groups is 1. The number of thioether (sulfide) groups is 1. The van der Waals surface area contributed by atoms with E-state index in [4.69, 9.17) is 9.47 Å². The van der Waals surface area contributed by atoms with E-state index >= 15 is 0 Å². The molecule has 0 fully saturated rings. The summed E-state index contributed by atoms with van der Waals surface area (Å²) in [7, 11) is 1.57. The van der Waals surface area contributed by atoms with Crippen molar-refractivity contribution in [2.75, 3.05) is 12.4 Å². The van der Waals surface area contributed by atoms with Crippen LogP contribution in [0.3, 0.4) is 0 Å². The summed E-state index contributed by atoms with van der Waals surface area (Å²) < 4.78 is 51.2. The third-order valence-corrected chi connectivity index (χ3v) is 5.99. The molecule has 186 valence electrons.